The Morgan fingerprint density at radius 1 is 1.00 bits per heavy atom. The van der Waals surface area contributed by atoms with Crippen LogP contribution in [0, 0.1) is 0 Å². The molecule has 1 aliphatic rings. The van der Waals surface area contributed by atoms with Crippen LogP contribution in [0.2, 0.25) is 0 Å². The zero-order chi connectivity index (χ0) is 21.2. The van der Waals surface area contributed by atoms with Gasteiger partial charge in [-0.1, -0.05) is 48.5 Å². The lowest BCUT2D eigenvalue weighted by Gasteiger charge is -2.12. The Kier molecular flexibility index (Phi) is 4.92. The van der Waals surface area contributed by atoms with Crippen molar-refractivity contribution in [2.75, 3.05) is 5.32 Å². The summed E-state index contributed by atoms with van der Waals surface area (Å²) in [5, 5.41) is 11.3. The number of H-pyrrole nitrogens is 1. The average molecular weight is 409 g/mol. The summed E-state index contributed by atoms with van der Waals surface area (Å²) in [6, 6.07) is 23.2. The van der Waals surface area contributed by atoms with Crippen LogP contribution in [0.1, 0.15) is 28.4 Å². The molecule has 2 N–H and O–H groups in total. The molecule has 0 bridgehead atoms. The molecule has 4 nitrogen and oxygen atoms in total. The Bertz CT molecular complexity index is 1300. The lowest BCUT2D eigenvalue weighted by molar-refractivity contribution is 0.102. The predicted molar refractivity (Wildman–Crippen MR) is 122 cm³/mol. The number of hydrogen-bond donors (Lipinski definition) is 2. The number of carbonyl (C=O) groups excluding carboxylic acids is 1. The molecule has 0 saturated heterocycles. The van der Waals surface area contributed by atoms with Crippen molar-refractivity contribution in [1.82, 2.24) is 10.2 Å². The van der Waals surface area contributed by atoms with Crippen LogP contribution >= 0.6 is 0 Å². The van der Waals surface area contributed by atoms with E-state index < -0.39 is 0 Å². The van der Waals surface area contributed by atoms with Crippen LogP contribution in [-0.4, -0.2) is 16.1 Å². The number of nitrogens with zero attached hydrogens (tertiary/aromatic N) is 1. The van der Waals surface area contributed by atoms with Gasteiger partial charge in [0, 0.05) is 22.6 Å². The molecule has 0 spiro atoms. The quantitative estimate of drug-likeness (QED) is 0.411. The van der Waals surface area contributed by atoms with E-state index in [2.05, 4.69) is 15.5 Å². The van der Waals surface area contributed by atoms with E-state index in [1.165, 1.54) is 6.08 Å². The number of benzene rings is 3. The number of fused-ring (bicyclic) bond motifs is 1. The molecule has 1 heterocycles. The minimum absolute atomic E-state index is 0.0287. The molecule has 0 saturated carbocycles. The number of allylic oxidation sites excluding steroid dienone is 4. The van der Waals surface area contributed by atoms with Gasteiger partial charge in [-0.15, -0.1) is 0 Å². The fraction of sp³-hybridized carbons (Fsp3) is 0.0769. The first kappa shape index (κ1) is 19.0. The van der Waals surface area contributed by atoms with E-state index in [9.17, 15) is 9.18 Å². The second-order valence-electron chi connectivity index (χ2n) is 7.56. The predicted octanol–water partition coefficient (Wildman–Crippen LogP) is 6.38. The molecule has 0 fully saturated rings. The van der Waals surface area contributed by atoms with Gasteiger partial charge in [-0.25, -0.2) is 4.39 Å². The van der Waals surface area contributed by atoms with Crippen LogP contribution in [0.3, 0.4) is 0 Å². The number of halogens is 1. The van der Waals surface area contributed by atoms with Gasteiger partial charge < -0.3 is 5.32 Å². The number of aromatic amines is 1. The second kappa shape index (κ2) is 8.03. The first-order chi connectivity index (χ1) is 15.2. The lowest BCUT2D eigenvalue weighted by Crippen LogP contribution is -2.11. The largest absolute Gasteiger partial charge is 0.322 e. The van der Waals surface area contributed by atoms with E-state index in [1.807, 2.05) is 78.9 Å². The number of carbonyl (C=O) groups is 1. The van der Waals surface area contributed by atoms with Crippen molar-refractivity contribution in [3.05, 3.63) is 108 Å². The molecule has 0 radical (unpaired) electrons. The van der Waals surface area contributed by atoms with Crippen LogP contribution in [0.25, 0.3) is 22.0 Å². The van der Waals surface area contributed by atoms with Crippen molar-refractivity contribution in [2.24, 2.45) is 0 Å². The van der Waals surface area contributed by atoms with Gasteiger partial charge in [0.1, 0.15) is 5.83 Å². The van der Waals surface area contributed by atoms with E-state index in [0.29, 0.717) is 17.7 Å². The highest BCUT2D eigenvalue weighted by Gasteiger charge is 2.17. The maximum Gasteiger partial charge on any atom is 0.255 e. The SMILES string of the molecule is O=C(Nc1ccc2n[nH]c(C3C=CC(F)=CC3)c2c1)c1ccc(-c2ccccc2)cc1. The van der Waals surface area contributed by atoms with Gasteiger partial charge in [-0.05, 0) is 60.0 Å². The van der Waals surface area contributed by atoms with Crippen molar-refractivity contribution >= 4 is 22.5 Å². The first-order valence-corrected chi connectivity index (χ1v) is 10.2. The molecule has 3 aromatic carbocycles. The molecule has 1 unspecified atom stereocenters. The highest BCUT2D eigenvalue weighted by Crippen LogP contribution is 2.32. The van der Waals surface area contributed by atoms with Gasteiger partial charge in [0.25, 0.3) is 5.91 Å². The standard InChI is InChI=1S/C26H20FN3O/c27-21-12-10-19(11-13-21)25-23-16-22(14-15-24(23)29-30-25)28-26(31)20-8-6-18(7-9-20)17-4-2-1-3-5-17/h1-10,12-16,19H,11H2,(H,28,31)(H,29,30). The minimum Gasteiger partial charge on any atom is -0.322 e. The van der Waals surface area contributed by atoms with E-state index in [-0.39, 0.29) is 17.7 Å². The third-order valence-corrected chi connectivity index (χ3v) is 5.52. The molecule has 1 amide bonds. The Balaban J connectivity index is 1.36. The maximum atomic E-state index is 13.3. The molecule has 0 aliphatic heterocycles. The monoisotopic (exact) mass is 409 g/mol. The summed E-state index contributed by atoms with van der Waals surface area (Å²) in [6.07, 6.45) is 5.46. The maximum absolute atomic E-state index is 13.3. The van der Waals surface area contributed by atoms with Crippen LogP contribution in [0.15, 0.2) is 96.9 Å². The summed E-state index contributed by atoms with van der Waals surface area (Å²) in [6.45, 7) is 0. The van der Waals surface area contributed by atoms with Gasteiger partial charge in [0.15, 0.2) is 0 Å². The van der Waals surface area contributed by atoms with Gasteiger partial charge in [-0.2, -0.15) is 5.10 Å². The fourth-order valence-corrected chi connectivity index (χ4v) is 3.85. The molecular formula is C26H20FN3O. The van der Waals surface area contributed by atoms with Crippen LogP contribution in [0.4, 0.5) is 10.1 Å². The second-order valence-corrected chi connectivity index (χ2v) is 7.56. The third-order valence-electron chi connectivity index (χ3n) is 5.52. The van der Waals surface area contributed by atoms with Crippen LogP contribution < -0.4 is 5.32 Å². The first-order valence-electron chi connectivity index (χ1n) is 10.2. The van der Waals surface area contributed by atoms with Crippen molar-refractivity contribution < 1.29 is 9.18 Å². The number of anilines is 1. The van der Waals surface area contributed by atoms with E-state index in [0.717, 1.165) is 27.7 Å². The van der Waals surface area contributed by atoms with E-state index in [1.54, 1.807) is 6.08 Å². The Hall–Kier alpha value is -3.99. The number of nitrogens with one attached hydrogen (secondary N) is 2. The number of amides is 1. The molecule has 5 heteroatoms. The molecule has 1 aliphatic carbocycles. The Morgan fingerprint density at radius 2 is 1.77 bits per heavy atom. The van der Waals surface area contributed by atoms with Crippen LogP contribution in [-0.2, 0) is 0 Å². The molecule has 152 valence electrons. The lowest BCUT2D eigenvalue weighted by atomic mass is 9.94. The van der Waals surface area contributed by atoms with E-state index in [4.69, 9.17) is 0 Å². The topological polar surface area (TPSA) is 57.8 Å². The normalized spacial score (nSPS) is 15.6. The smallest absolute Gasteiger partial charge is 0.255 e. The Labute approximate surface area is 179 Å². The zero-order valence-electron chi connectivity index (χ0n) is 16.7. The highest BCUT2D eigenvalue weighted by atomic mass is 19.1. The third kappa shape index (κ3) is 3.90. The summed E-state index contributed by atoms with van der Waals surface area (Å²) in [7, 11) is 0. The van der Waals surface area contributed by atoms with Gasteiger partial charge in [0.2, 0.25) is 0 Å². The molecule has 1 aromatic heterocycles. The van der Waals surface area contributed by atoms with Crippen molar-refractivity contribution in [1.29, 1.82) is 0 Å². The summed E-state index contributed by atoms with van der Waals surface area (Å²) < 4.78 is 13.3. The summed E-state index contributed by atoms with van der Waals surface area (Å²) in [5.41, 5.74) is 5.17. The van der Waals surface area contributed by atoms with Gasteiger partial charge >= 0.3 is 0 Å². The average Bonchev–Trinajstić information content (AvgIpc) is 3.23. The van der Waals surface area contributed by atoms with E-state index >= 15 is 0 Å². The number of rotatable bonds is 4. The molecule has 5 rings (SSSR count). The van der Waals surface area contributed by atoms with Crippen molar-refractivity contribution in [3.8, 4) is 11.1 Å². The summed E-state index contributed by atoms with van der Waals surface area (Å²) in [5.74, 6) is -0.362. The fourth-order valence-electron chi connectivity index (χ4n) is 3.85. The van der Waals surface area contributed by atoms with Crippen LogP contribution in [0.5, 0.6) is 0 Å². The Morgan fingerprint density at radius 3 is 2.52 bits per heavy atom. The van der Waals surface area contributed by atoms with Crippen molar-refractivity contribution in [2.45, 2.75) is 12.3 Å². The molecule has 31 heavy (non-hydrogen) atoms. The number of hydrogen-bond acceptors (Lipinski definition) is 2. The highest BCUT2D eigenvalue weighted by molar-refractivity contribution is 6.05. The number of aromatic nitrogens is 2. The minimum atomic E-state index is -0.216. The summed E-state index contributed by atoms with van der Waals surface area (Å²) in [4.78, 5) is 12.8. The van der Waals surface area contributed by atoms with Gasteiger partial charge in [0.05, 0.1) is 11.2 Å². The van der Waals surface area contributed by atoms with Gasteiger partial charge in [-0.3, -0.25) is 9.89 Å². The van der Waals surface area contributed by atoms with Crippen molar-refractivity contribution in [3.63, 3.8) is 0 Å². The molecule has 1 atom stereocenters. The molecular weight excluding hydrogens is 389 g/mol. The molecule has 4 aromatic rings. The zero-order valence-corrected chi connectivity index (χ0v) is 16.7. The summed E-state index contributed by atoms with van der Waals surface area (Å²) >= 11 is 0.